The summed E-state index contributed by atoms with van der Waals surface area (Å²) in [6.07, 6.45) is 4.39. The van der Waals surface area contributed by atoms with Crippen molar-refractivity contribution in [3.05, 3.63) is 27.1 Å². The van der Waals surface area contributed by atoms with Crippen molar-refractivity contribution < 1.29 is 14.5 Å². The summed E-state index contributed by atoms with van der Waals surface area (Å²) in [7, 11) is 0. The summed E-state index contributed by atoms with van der Waals surface area (Å²) in [5.74, 6) is 0.498. The van der Waals surface area contributed by atoms with Gasteiger partial charge in [-0.05, 0) is 31.4 Å². The summed E-state index contributed by atoms with van der Waals surface area (Å²) in [4.78, 5) is 40.2. The van der Waals surface area contributed by atoms with Crippen LogP contribution in [0.3, 0.4) is 0 Å². The first-order valence-corrected chi connectivity index (χ1v) is 10.4. The van der Waals surface area contributed by atoms with Gasteiger partial charge >= 0.3 is 5.00 Å². The molecule has 3 aliphatic rings. The fourth-order valence-corrected chi connectivity index (χ4v) is 5.58. The second-order valence-corrected chi connectivity index (χ2v) is 8.77. The molecule has 2 saturated heterocycles. The summed E-state index contributed by atoms with van der Waals surface area (Å²) in [6.45, 7) is 3.73. The van der Waals surface area contributed by atoms with Crippen LogP contribution >= 0.6 is 23.7 Å². The van der Waals surface area contributed by atoms with Crippen LogP contribution in [0.5, 0.6) is 0 Å². The minimum Gasteiger partial charge on any atom is -0.339 e. The Labute approximate surface area is 173 Å². The van der Waals surface area contributed by atoms with Gasteiger partial charge in [-0.15, -0.1) is 12.4 Å². The zero-order chi connectivity index (χ0) is 19.0. The number of rotatable bonds is 3. The lowest BCUT2D eigenvalue weighted by Gasteiger charge is -2.43. The first-order chi connectivity index (χ1) is 13.0. The van der Waals surface area contributed by atoms with E-state index in [1.54, 1.807) is 4.90 Å². The van der Waals surface area contributed by atoms with Crippen LogP contribution in [0.4, 0.5) is 5.00 Å². The minimum atomic E-state index is -0.479. The van der Waals surface area contributed by atoms with Crippen molar-refractivity contribution in [2.75, 3.05) is 39.3 Å². The van der Waals surface area contributed by atoms with Gasteiger partial charge in [-0.25, -0.2) is 0 Å². The largest absolute Gasteiger partial charge is 0.339 e. The van der Waals surface area contributed by atoms with Gasteiger partial charge in [0, 0.05) is 38.8 Å². The molecule has 3 fully saturated rings. The second-order valence-electron chi connectivity index (χ2n) is 7.71. The summed E-state index contributed by atoms with van der Waals surface area (Å²) < 4.78 is 0. The number of fused-ring (bicyclic) bond motifs is 1. The Hall–Kier alpha value is -1.71. The summed E-state index contributed by atoms with van der Waals surface area (Å²) in [5, 5.41) is 14.2. The molecule has 2 aliphatic heterocycles. The highest BCUT2D eigenvalue weighted by Crippen LogP contribution is 2.45. The van der Waals surface area contributed by atoms with Gasteiger partial charge in [-0.3, -0.25) is 19.7 Å². The van der Waals surface area contributed by atoms with E-state index in [1.165, 1.54) is 18.6 Å². The lowest BCUT2D eigenvalue weighted by molar-refractivity contribution is -0.380. The maximum Gasteiger partial charge on any atom is 0.324 e. The SMILES string of the molecule is Cl.O=C(c1ccc([N+](=O)[O-])s1)N1CCN(C(=O)[C@@]23CCCC[C@H]2CNC3)CC1. The molecule has 0 aromatic carbocycles. The number of carbonyl (C=O) groups excluding carboxylic acids is 2. The van der Waals surface area contributed by atoms with Gasteiger partial charge in [0.2, 0.25) is 5.91 Å². The molecule has 1 N–H and O–H groups in total. The fourth-order valence-electron chi connectivity index (χ4n) is 4.79. The third kappa shape index (κ3) is 3.62. The topological polar surface area (TPSA) is 95.8 Å². The number of halogens is 1. The quantitative estimate of drug-likeness (QED) is 0.587. The zero-order valence-corrected chi connectivity index (χ0v) is 17.2. The number of hydrogen-bond donors (Lipinski definition) is 1. The normalized spacial score (nSPS) is 27.1. The van der Waals surface area contributed by atoms with Crippen LogP contribution in [0.1, 0.15) is 35.4 Å². The summed E-state index contributed by atoms with van der Waals surface area (Å²) in [5.41, 5.74) is -0.251. The Morgan fingerprint density at radius 2 is 1.89 bits per heavy atom. The lowest BCUT2D eigenvalue weighted by Crippen LogP contribution is -2.56. The Morgan fingerprint density at radius 1 is 1.18 bits per heavy atom. The monoisotopic (exact) mass is 428 g/mol. The lowest BCUT2D eigenvalue weighted by atomic mass is 9.67. The number of amides is 2. The van der Waals surface area contributed by atoms with Crippen molar-refractivity contribution >= 4 is 40.6 Å². The minimum absolute atomic E-state index is 0. The number of thiophene rings is 1. The Morgan fingerprint density at radius 3 is 2.57 bits per heavy atom. The predicted molar refractivity (Wildman–Crippen MR) is 108 cm³/mol. The highest BCUT2D eigenvalue weighted by molar-refractivity contribution is 7.17. The van der Waals surface area contributed by atoms with Crippen molar-refractivity contribution in [1.29, 1.82) is 0 Å². The van der Waals surface area contributed by atoms with Crippen LogP contribution in [0, 0.1) is 21.4 Å². The maximum absolute atomic E-state index is 13.3. The third-order valence-corrected chi connectivity index (χ3v) is 7.33. The molecule has 1 aromatic rings. The predicted octanol–water partition coefficient (Wildman–Crippen LogP) is 2.14. The van der Waals surface area contributed by atoms with Crippen LogP contribution in [-0.2, 0) is 4.79 Å². The fraction of sp³-hybridized carbons (Fsp3) is 0.667. The molecule has 0 unspecified atom stereocenters. The molecule has 28 heavy (non-hydrogen) atoms. The number of nitrogens with one attached hydrogen (secondary N) is 1. The summed E-state index contributed by atoms with van der Waals surface area (Å²) >= 11 is 0.905. The Bertz CT molecular complexity index is 765. The second kappa shape index (κ2) is 8.34. The molecule has 2 atom stereocenters. The highest BCUT2D eigenvalue weighted by Gasteiger charge is 2.51. The molecule has 0 spiro atoms. The van der Waals surface area contributed by atoms with Gasteiger partial charge in [0.1, 0.15) is 0 Å². The first kappa shape index (κ1) is 21.0. The maximum atomic E-state index is 13.3. The van der Waals surface area contributed by atoms with E-state index < -0.39 is 4.92 Å². The zero-order valence-electron chi connectivity index (χ0n) is 15.6. The number of nitro groups is 1. The number of carbonyl (C=O) groups is 2. The van der Waals surface area contributed by atoms with Crippen molar-refractivity contribution in [3.8, 4) is 0 Å². The summed E-state index contributed by atoms with van der Waals surface area (Å²) in [6, 6.07) is 2.88. The highest BCUT2D eigenvalue weighted by atomic mass is 35.5. The molecule has 10 heteroatoms. The molecular weight excluding hydrogens is 404 g/mol. The van der Waals surface area contributed by atoms with Crippen LogP contribution in [0.25, 0.3) is 0 Å². The van der Waals surface area contributed by atoms with E-state index in [4.69, 9.17) is 0 Å². The van der Waals surface area contributed by atoms with Crippen LogP contribution in [0.15, 0.2) is 12.1 Å². The van der Waals surface area contributed by atoms with Gasteiger partial charge in [-0.1, -0.05) is 24.2 Å². The van der Waals surface area contributed by atoms with Gasteiger partial charge in [0.25, 0.3) is 5.91 Å². The standard InChI is InChI=1S/C18H24N4O4S.ClH/c23-16(14-4-5-15(27-14)22(25)26)20-7-9-21(10-8-20)17(24)18-6-2-1-3-13(18)11-19-12-18;/h4-5,13,19H,1-3,6-12H2;1H/t13-,18+;/m0./s1. The van der Waals surface area contributed by atoms with E-state index >= 15 is 0 Å². The molecule has 0 radical (unpaired) electrons. The molecule has 4 rings (SSSR count). The van der Waals surface area contributed by atoms with Gasteiger partial charge in [0.15, 0.2) is 0 Å². The molecule has 3 heterocycles. The first-order valence-electron chi connectivity index (χ1n) is 9.55. The molecule has 0 bridgehead atoms. The molecule has 2 amide bonds. The van der Waals surface area contributed by atoms with Crippen molar-refractivity contribution in [2.45, 2.75) is 25.7 Å². The van der Waals surface area contributed by atoms with E-state index in [0.29, 0.717) is 37.0 Å². The van der Waals surface area contributed by atoms with Crippen LogP contribution in [-0.4, -0.2) is 65.8 Å². The number of piperazine rings is 1. The van der Waals surface area contributed by atoms with E-state index in [-0.39, 0.29) is 34.6 Å². The third-order valence-electron chi connectivity index (χ3n) is 6.30. The van der Waals surface area contributed by atoms with Crippen LogP contribution in [0.2, 0.25) is 0 Å². The van der Waals surface area contributed by atoms with Crippen LogP contribution < -0.4 is 5.32 Å². The van der Waals surface area contributed by atoms with E-state index in [1.807, 2.05) is 4.90 Å². The van der Waals surface area contributed by atoms with Crippen molar-refractivity contribution in [3.63, 3.8) is 0 Å². The molecule has 8 nitrogen and oxygen atoms in total. The van der Waals surface area contributed by atoms with Gasteiger partial charge < -0.3 is 15.1 Å². The number of nitrogens with zero attached hydrogens (tertiary/aromatic N) is 3. The molecule has 1 aliphatic carbocycles. The van der Waals surface area contributed by atoms with E-state index in [0.717, 1.165) is 43.7 Å². The molecule has 1 saturated carbocycles. The Balaban J connectivity index is 0.00000225. The van der Waals surface area contributed by atoms with Gasteiger partial charge in [-0.2, -0.15) is 0 Å². The molecule has 154 valence electrons. The van der Waals surface area contributed by atoms with E-state index in [9.17, 15) is 19.7 Å². The van der Waals surface area contributed by atoms with Gasteiger partial charge in [0.05, 0.1) is 15.2 Å². The van der Waals surface area contributed by atoms with E-state index in [2.05, 4.69) is 5.32 Å². The van der Waals surface area contributed by atoms with Crippen molar-refractivity contribution in [2.24, 2.45) is 11.3 Å². The average molecular weight is 429 g/mol. The molecule has 1 aromatic heterocycles. The smallest absolute Gasteiger partial charge is 0.324 e. The molecular formula is C18H25ClN4O4S. The number of hydrogen-bond acceptors (Lipinski definition) is 6. The van der Waals surface area contributed by atoms with Crippen molar-refractivity contribution in [1.82, 2.24) is 15.1 Å². The Kier molecular flexibility index (Phi) is 6.26. The average Bonchev–Trinajstić information content (AvgIpc) is 3.35.